The molecular weight excluding hydrogens is 528 g/mol. The lowest BCUT2D eigenvalue weighted by Gasteiger charge is -2.14. The smallest absolute Gasteiger partial charge is 0.366 e. The maximum atomic E-state index is 12.8. The average molecular weight is 551 g/mol. The van der Waals surface area contributed by atoms with Crippen LogP contribution in [0.5, 0.6) is 23.0 Å². The van der Waals surface area contributed by atoms with Crippen LogP contribution in [0.3, 0.4) is 0 Å². The second-order valence-electron chi connectivity index (χ2n) is 7.46. The van der Waals surface area contributed by atoms with Crippen molar-refractivity contribution in [3.63, 3.8) is 0 Å². The number of nitrogens with zero attached hydrogens (tertiary/aromatic N) is 2. The van der Waals surface area contributed by atoms with E-state index in [9.17, 15) is 4.79 Å². The predicted molar refractivity (Wildman–Crippen MR) is 140 cm³/mol. The SMILES string of the molecule is COc1ccc(/C(=N\OC(=O)c2ccccc2Br)c2nccc3cc(OC)c(OC)cc23)cc1OC. The number of fused-ring (bicyclic) bond motifs is 1. The summed E-state index contributed by atoms with van der Waals surface area (Å²) >= 11 is 3.37. The number of benzene rings is 3. The fourth-order valence-corrected chi connectivity index (χ4v) is 4.11. The van der Waals surface area contributed by atoms with E-state index in [2.05, 4.69) is 26.1 Å². The van der Waals surface area contributed by atoms with Gasteiger partial charge in [0.25, 0.3) is 0 Å². The molecule has 0 saturated carbocycles. The Balaban J connectivity index is 1.90. The van der Waals surface area contributed by atoms with Gasteiger partial charge in [-0.3, -0.25) is 4.98 Å². The van der Waals surface area contributed by atoms with E-state index in [0.29, 0.717) is 50.0 Å². The maximum absolute atomic E-state index is 12.8. The number of carbonyl (C=O) groups excluding carboxylic acids is 1. The molecule has 0 unspecified atom stereocenters. The third-order valence-corrected chi connectivity index (χ3v) is 6.15. The van der Waals surface area contributed by atoms with Crippen LogP contribution in [0.15, 0.2) is 76.5 Å². The second kappa shape index (κ2) is 11.1. The minimum absolute atomic E-state index is 0.314. The van der Waals surface area contributed by atoms with Gasteiger partial charge in [-0.1, -0.05) is 17.3 Å². The average Bonchev–Trinajstić information content (AvgIpc) is 2.92. The van der Waals surface area contributed by atoms with Crippen LogP contribution in [0.25, 0.3) is 10.8 Å². The van der Waals surface area contributed by atoms with Gasteiger partial charge in [0, 0.05) is 21.6 Å². The third-order valence-electron chi connectivity index (χ3n) is 5.46. The van der Waals surface area contributed by atoms with Crippen molar-refractivity contribution >= 4 is 38.4 Å². The molecule has 0 fully saturated rings. The monoisotopic (exact) mass is 550 g/mol. The van der Waals surface area contributed by atoms with Crippen molar-refractivity contribution in [1.82, 2.24) is 4.98 Å². The molecular formula is C27H23BrN2O6. The molecule has 0 amide bonds. The number of pyridine rings is 1. The van der Waals surface area contributed by atoms with Crippen molar-refractivity contribution in [3.8, 4) is 23.0 Å². The molecule has 4 aromatic rings. The van der Waals surface area contributed by atoms with Gasteiger partial charge in [-0.25, -0.2) is 4.79 Å². The first-order valence-electron chi connectivity index (χ1n) is 10.8. The molecule has 1 aromatic heterocycles. The first-order chi connectivity index (χ1) is 17.5. The largest absolute Gasteiger partial charge is 0.493 e. The lowest BCUT2D eigenvalue weighted by molar-refractivity contribution is 0.0516. The Morgan fingerprint density at radius 3 is 2.17 bits per heavy atom. The Morgan fingerprint density at radius 2 is 1.47 bits per heavy atom. The minimum Gasteiger partial charge on any atom is -0.493 e. The van der Waals surface area contributed by atoms with E-state index in [1.54, 1.807) is 77.1 Å². The van der Waals surface area contributed by atoms with Gasteiger partial charge < -0.3 is 23.8 Å². The third kappa shape index (κ3) is 4.96. The zero-order valence-electron chi connectivity index (χ0n) is 20.1. The highest BCUT2D eigenvalue weighted by atomic mass is 79.9. The van der Waals surface area contributed by atoms with Gasteiger partial charge in [-0.15, -0.1) is 0 Å². The van der Waals surface area contributed by atoms with E-state index >= 15 is 0 Å². The van der Waals surface area contributed by atoms with Gasteiger partial charge in [0.1, 0.15) is 11.4 Å². The molecule has 0 aliphatic heterocycles. The Morgan fingerprint density at radius 1 is 0.806 bits per heavy atom. The molecule has 0 N–H and O–H groups in total. The lowest BCUT2D eigenvalue weighted by atomic mass is 10.0. The van der Waals surface area contributed by atoms with Crippen LogP contribution < -0.4 is 18.9 Å². The fraction of sp³-hybridized carbons (Fsp3) is 0.148. The molecule has 0 atom stereocenters. The van der Waals surface area contributed by atoms with Gasteiger partial charge in [-0.2, -0.15) is 0 Å². The highest BCUT2D eigenvalue weighted by Gasteiger charge is 2.20. The van der Waals surface area contributed by atoms with Crippen LogP contribution in [0.2, 0.25) is 0 Å². The molecule has 8 nitrogen and oxygen atoms in total. The number of hydrogen-bond donors (Lipinski definition) is 0. The summed E-state index contributed by atoms with van der Waals surface area (Å²) in [5, 5.41) is 5.83. The van der Waals surface area contributed by atoms with E-state index in [4.69, 9.17) is 23.8 Å². The van der Waals surface area contributed by atoms with Crippen molar-refractivity contribution in [1.29, 1.82) is 0 Å². The Kier molecular flexibility index (Phi) is 7.70. The van der Waals surface area contributed by atoms with E-state index < -0.39 is 5.97 Å². The van der Waals surface area contributed by atoms with E-state index in [0.717, 1.165) is 10.8 Å². The fourth-order valence-electron chi connectivity index (χ4n) is 3.67. The molecule has 4 rings (SSSR count). The first kappa shape index (κ1) is 25.0. The van der Waals surface area contributed by atoms with E-state index in [1.165, 1.54) is 0 Å². The topological polar surface area (TPSA) is 88.5 Å². The number of halogens is 1. The molecule has 3 aromatic carbocycles. The Hall–Kier alpha value is -4.11. The van der Waals surface area contributed by atoms with Crippen LogP contribution in [0.1, 0.15) is 21.6 Å². The number of aromatic nitrogens is 1. The molecule has 184 valence electrons. The van der Waals surface area contributed by atoms with Gasteiger partial charge in [0.2, 0.25) is 0 Å². The quantitative estimate of drug-likeness (QED) is 0.159. The molecule has 1 heterocycles. The predicted octanol–water partition coefficient (Wildman–Crippen LogP) is 5.64. The summed E-state index contributed by atoms with van der Waals surface area (Å²) in [6, 6.07) is 17.7. The molecule has 0 saturated heterocycles. The molecule has 0 spiro atoms. The standard InChI is InChI=1S/C27H23BrN2O6/c1-32-21-10-9-17(14-22(21)33-2)25(30-36-27(31)18-7-5-6-8-20(18)28)26-19-15-24(35-4)23(34-3)13-16(19)11-12-29-26/h5-15H,1-4H3/b30-25+. The Bertz CT molecular complexity index is 1450. The minimum atomic E-state index is -0.625. The highest BCUT2D eigenvalue weighted by Crippen LogP contribution is 2.35. The van der Waals surface area contributed by atoms with Gasteiger partial charge >= 0.3 is 5.97 Å². The molecule has 36 heavy (non-hydrogen) atoms. The second-order valence-corrected chi connectivity index (χ2v) is 8.31. The number of hydrogen-bond acceptors (Lipinski definition) is 8. The zero-order valence-corrected chi connectivity index (χ0v) is 21.7. The summed E-state index contributed by atoms with van der Waals surface area (Å²) in [5.74, 6) is 1.51. The molecule has 0 aliphatic carbocycles. The normalized spacial score (nSPS) is 11.2. The Labute approximate surface area is 216 Å². The van der Waals surface area contributed by atoms with Gasteiger partial charge in [0.15, 0.2) is 23.0 Å². The molecule has 0 bridgehead atoms. The highest BCUT2D eigenvalue weighted by molar-refractivity contribution is 9.10. The van der Waals surface area contributed by atoms with Crippen LogP contribution >= 0.6 is 15.9 Å². The number of carbonyl (C=O) groups is 1. The first-order valence-corrected chi connectivity index (χ1v) is 11.6. The van der Waals surface area contributed by atoms with Crippen molar-refractivity contribution in [2.24, 2.45) is 5.16 Å². The number of rotatable bonds is 8. The zero-order chi connectivity index (χ0) is 25.7. The molecule has 0 radical (unpaired) electrons. The number of methoxy groups -OCH3 is 4. The summed E-state index contributed by atoms with van der Waals surface area (Å²) in [7, 11) is 6.22. The van der Waals surface area contributed by atoms with E-state index in [1.807, 2.05) is 18.2 Å². The van der Waals surface area contributed by atoms with E-state index in [-0.39, 0.29) is 0 Å². The summed E-state index contributed by atoms with van der Waals surface area (Å²) in [5.41, 5.74) is 1.72. The van der Waals surface area contributed by atoms with Crippen molar-refractivity contribution < 1.29 is 28.6 Å². The summed E-state index contributed by atoms with van der Waals surface area (Å²) in [6.45, 7) is 0. The molecule has 0 aliphatic rings. The number of ether oxygens (including phenoxy) is 4. The summed E-state index contributed by atoms with van der Waals surface area (Å²) in [6.07, 6.45) is 1.65. The van der Waals surface area contributed by atoms with Crippen molar-refractivity contribution in [2.75, 3.05) is 28.4 Å². The summed E-state index contributed by atoms with van der Waals surface area (Å²) in [4.78, 5) is 22.8. The van der Waals surface area contributed by atoms with Crippen LogP contribution in [-0.4, -0.2) is 45.1 Å². The van der Waals surface area contributed by atoms with Crippen molar-refractivity contribution in [2.45, 2.75) is 0 Å². The van der Waals surface area contributed by atoms with Crippen LogP contribution in [0, 0.1) is 0 Å². The maximum Gasteiger partial charge on any atom is 0.366 e. The van der Waals surface area contributed by atoms with Crippen LogP contribution in [0.4, 0.5) is 0 Å². The number of oxime groups is 1. The van der Waals surface area contributed by atoms with Crippen LogP contribution in [-0.2, 0) is 4.84 Å². The summed E-state index contributed by atoms with van der Waals surface area (Å²) < 4.78 is 22.4. The lowest BCUT2D eigenvalue weighted by Crippen LogP contribution is -2.11. The molecule has 9 heteroatoms. The van der Waals surface area contributed by atoms with Gasteiger partial charge in [-0.05, 0) is 69.8 Å². The van der Waals surface area contributed by atoms with Gasteiger partial charge in [0.05, 0.1) is 34.0 Å². The van der Waals surface area contributed by atoms with Crippen molar-refractivity contribution in [3.05, 3.63) is 88.2 Å².